The molecule has 1 aliphatic heterocycles. The van der Waals surface area contributed by atoms with Gasteiger partial charge in [-0.1, -0.05) is 17.7 Å². The van der Waals surface area contributed by atoms with Crippen LogP contribution in [0.2, 0.25) is 5.02 Å². The van der Waals surface area contributed by atoms with Gasteiger partial charge >= 0.3 is 5.97 Å². The van der Waals surface area contributed by atoms with E-state index in [2.05, 4.69) is 27.3 Å². The normalized spacial score (nSPS) is 19.6. The highest BCUT2D eigenvalue weighted by Crippen LogP contribution is 2.25. The summed E-state index contributed by atoms with van der Waals surface area (Å²) in [6, 6.07) is 7.03. The average molecular weight is 433 g/mol. The second-order valence-electron chi connectivity index (χ2n) is 6.74. The van der Waals surface area contributed by atoms with Gasteiger partial charge in [-0.15, -0.1) is 0 Å². The van der Waals surface area contributed by atoms with Crippen LogP contribution < -0.4 is 5.32 Å². The third kappa shape index (κ3) is 4.88. The van der Waals surface area contributed by atoms with Gasteiger partial charge in [-0.25, -0.2) is 4.79 Å². The molecule has 0 aromatic heterocycles. The molecule has 29 heavy (non-hydrogen) atoms. The lowest BCUT2D eigenvalue weighted by Crippen LogP contribution is -2.52. The molecule has 1 saturated heterocycles. The predicted octanol–water partition coefficient (Wildman–Crippen LogP) is 3.11. The van der Waals surface area contributed by atoms with Crippen molar-refractivity contribution in [3.63, 3.8) is 0 Å². The summed E-state index contributed by atoms with van der Waals surface area (Å²) in [4.78, 5) is 15.5. The van der Waals surface area contributed by atoms with Crippen LogP contribution in [0.4, 0.5) is 5.69 Å². The van der Waals surface area contributed by atoms with Gasteiger partial charge in [0.15, 0.2) is 5.11 Å². The number of methoxy groups -OCH3 is 1. The average Bonchev–Trinajstić information content (AvgIpc) is 2.73. The largest absolute Gasteiger partial charge is 0.500 e. The van der Waals surface area contributed by atoms with Crippen molar-refractivity contribution in [1.82, 2.24) is 9.80 Å². The third-order valence-corrected chi connectivity index (χ3v) is 5.74. The number of ether oxygens (including phenoxy) is 1. The van der Waals surface area contributed by atoms with Gasteiger partial charge in [0.2, 0.25) is 0 Å². The van der Waals surface area contributed by atoms with Crippen LogP contribution in [0.1, 0.15) is 16.8 Å². The Morgan fingerprint density at radius 3 is 2.69 bits per heavy atom. The first-order valence-corrected chi connectivity index (χ1v) is 9.89. The van der Waals surface area contributed by atoms with E-state index in [4.69, 9.17) is 38.9 Å². The van der Waals surface area contributed by atoms with Crippen molar-refractivity contribution in [2.24, 2.45) is 0 Å². The highest BCUT2D eigenvalue weighted by Gasteiger charge is 2.27. The SMILES string of the molecule is COC1=C(C#N)C=CC(N2CCN(C(=S)Nc3ccc(C(=O)O)c(Cl)c3)CC2)C1. The van der Waals surface area contributed by atoms with E-state index in [1.165, 1.54) is 6.07 Å². The van der Waals surface area contributed by atoms with Gasteiger partial charge in [-0.3, -0.25) is 4.90 Å². The van der Waals surface area contributed by atoms with Crippen LogP contribution >= 0.6 is 23.8 Å². The second-order valence-corrected chi connectivity index (χ2v) is 7.53. The maximum absolute atomic E-state index is 11.1. The topological polar surface area (TPSA) is 88.8 Å². The van der Waals surface area contributed by atoms with Crippen molar-refractivity contribution in [3.8, 4) is 6.07 Å². The summed E-state index contributed by atoms with van der Waals surface area (Å²) >= 11 is 11.5. The van der Waals surface area contributed by atoms with Crippen molar-refractivity contribution in [1.29, 1.82) is 5.26 Å². The number of piperazine rings is 1. The standard InChI is InChI=1S/C20H21ClN4O3S/c1-28-18-11-15(4-2-13(18)12-22)24-6-8-25(9-7-24)20(29)23-14-3-5-16(19(26)27)17(21)10-14/h2-5,10,15H,6-9,11H2,1H3,(H,23,29)(H,26,27). The van der Waals surface area contributed by atoms with Gasteiger partial charge in [0.1, 0.15) is 11.8 Å². The number of thiocarbonyl (C=S) groups is 1. The molecule has 152 valence electrons. The second kappa shape index (κ2) is 9.27. The van der Waals surface area contributed by atoms with Crippen molar-refractivity contribution in [3.05, 3.63) is 52.3 Å². The highest BCUT2D eigenvalue weighted by atomic mass is 35.5. The maximum atomic E-state index is 11.1. The Morgan fingerprint density at radius 1 is 1.38 bits per heavy atom. The van der Waals surface area contributed by atoms with Gasteiger partial charge in [-0.05, 0) is 36.5 Å². The van der Waals surface area contributed by atoms with Crippen LogP contribution in [0.5, 0.6) is 0 Å². The van der Waals surface area contributed by atoms with Crippen LogP contribution in [-0.4, -0.2) is 65.3 Å². The van der Waals surface area contributed by atoms with Gasteiger partial charge in [0.05, 0.1) is 23.3 Å². The van der Waals surface area contributed by atoms with Crippen molar-refractivity contribution < 1.29 is 14.6 Å². The molecule has 1 atom stereocenters. The number of halogens is 1. The monoisotopic (exact) mass is 432 g/mol. The number of nitrogens with zero attached hydrogens (tertiary/aromatic N) is 3. The predicted molar refractivity (Wildman–Crippen MR) is 115 cm³/mol. The zero-order valence-corrected chi connectivity index (χ0v) is 17.5. The number of aromatic carboxylic acids is 1. The molecule has 1 aliphatic carbocycles. The molecule has 0 radical (unpaired) electrons. The van der Waals surface area contributed by atoms with Crippen LogP contribution in [-0.2, 0) is 4.74 Å². The minimum atomic E-state index is -1.06. The van der Waals surface area contributed by atoms with Gasteiger partial charge in [0.25, 0.3) is 0 Å². The molecule has 0 saturated carbocycles. The van der Waals surface area contributed by atoms with Gasteiger partial charge < -0.3 is 20.1 Å². The van der Waals surface area contributed by atoms with E-state index in [0.717, 1.165) is 31.9 Å². The number of carboxylic acid groups (broad SMARTS) is 1. The van der Waals surface area contributed by atoms with Crippen LogP contribution in [0.25, 0.3) is 0 Å². The molecule has 1 aromatic carbocycles. The molecule has 2 aliphatic rings. The Kier molecular flexibility index (Phi) is 6.75. The summed E-state index contributed by atoms with van der Waals surface area (Å²) in [5.74, 6) is -0.341. The number of hydrogen-bond donors (Lipinski definition) is 2. The zero-order chi connectivity index (χ0) is 21.0. The zero-order valence-electron chi connectivity index (χ0n) is 15.9. The fraction of sp³-hybridized carbons (Fsp3) is 0.350. The molecule has 1 fully saturated rings. The molecule has 3 rings (SSSR count). The number of anilines is 1. The Bertz CT molecular complexity index is 917. The molecule has 1 aromatic rings. The fourth-order valence-electron chi connectivity index (χ4n) is 3.44. The lowest BCUT2D eigenvalue weighted by molar-refractivity contribution is 0.0697. The summed E-state index contributed by atoms with van der Waals surface area (Å²) < 4.78 is 5.36. The Labute approximate surface area is 179 Å². The van der Waals surface area contributed by atoms with Crippen LogP contribution in [0.3, 0.4) is 0 Å². The lowest BCUT2D eigenvalue weighted by atomic mass is 9.99. The molecular formula is C20H21ClN4O3S. The van der Waals surface area contributed by atoms with Crippen molar-refractivity contribution >= 4 is 40.6 Å². The number of nitrogens with one attached hydrogen (secondary N) is 1. The van der Waals surface area contributed by atoms with Gasteiger partial charge in [0, 0.05) is 44.3 Å². The molecule has 1 heterocycles. The van der Waals surface area contributed by atoms with E-state index in [9.17, 15) is 4.79 Å². The number of carboxylic acids is 1. The Balaban J connectivity index is 1.55. The molecule has 1 unspecified atom stereocenters. The number of allylic oxidation sites excluding steroid dienone is 2. The third-order valence-electron chi connectivity index (χ3n) is 5.07. The van der Waals surface area contributed by atoms with E-state index in [1.54, 1.807) is 19.2 Å². The smallest absolute Gasteiger partial charge is 0.337 e. The number of hydrogen-bond acceptors (Lipinski definition) is 5. The minimum Gasteiger partial charge on any atom is -0.500 e. The Morgan fingerprint density at radius 2 is 2.10 bits per heavy atom. The minimum absolute atomic E-state index is 0.0568. The van der Waals surface area contributed by atoms with E-state index >= 15 is 0 Å². The van der Waals surface area contributed by atoms with Crippen molar-refractivity contribution in [2.75, 3.05) is 38.6 Å². The lowest BCUT2D eigenvalue weighted by Gasteiger charge is -2.40. The van der Waals surface area contributed by atoms with Crippen LogP contribution in [0.15, 0.2) is 41.7 Å². The van der Waals surface area contributed by atoms with Crippen molar-refractivity contribution in [2.45, 2.75) is 12.5 Å². The highest BCUT2D eigenvalue weighted by molar-refractivity contribution is 7.80. The quantitative estimate of drug-likeness (QED) is 0.701. The number of carbonyl (C=O) groups is 1. The summed E-state index contributed by atoms with van der Waals surface area (Å²) in [5, 5.41) is 22.1. The van der Waals surface area contributed by atoms with E-state index < -0.39 is 5.97 Å². The molecule has 2 N–H and O–H groups in total. The summed E-state index contributed by atoms with van der Waals surface area (Å²) in [7, 11) is 1.60. The first-order valence-electron chi connectivity index (χ1n) is 9.11. The van der Waals surface area contributed by atoms with Crippen LogP contribution in [0, 0.1) is 11.3 Å². The number of benzene rings is 1. The molecule has 9 heteroatoms. The first kappa shape index (κ1) is 21.1. The molecule has 0 bridgehead atoms. The molecule has 0 spiro atoms. The van der Waals surface area contributed by atoms with E-state index in [0.29, 0.717) is 22.8 Å². The fourth-order valence-corrected chi connectivity index (χ4v) is 4.00. The number of nitriles is 1. The van der Waals surface area contributed by atoms with E-state index in [1.807, 2.05) is 6.08 Å². The first-order chi connectivity index (χ1) is 13.9. The molecular weight excluding hydrogens is 412 g/mol. The number of rotatable bonds is 4. The molecule has 7 nitrogen and oxygen atoms in total. The summed E-state index contributed by atoms with van der Waals surface area (Å²) in [6.45, 7) is 3.17. The molecule has 0 amide bonds. The van der Waals surface area contributed by atoms with Gasteiger partial charge in [-0.2, -0.15) is 5.26 Å². The Hall–Kier alpha value is -2.60. The van der Waals surface area contributed by atoms with E-state index in [-0.39, 0.29) is 16.6 Å². The summed E-state index contributed by atoms with van der Waals surface area (Å²) in [6.07, 6.45) is 4.57. The summed E-state index contributed by atoms with van der Waals surface area (Å²) in [5.41, 5.74) is 1.29. The maximum Gasteiger partial charge on any atom is 0.337 e.